The van der Waals surface area contributed by atoms with Crippen LogP contribution in [0.2, 0.25) is 0 Å². The summed E-state index contributed by atoms with van der Waals surface area (Å²) < 4.78 is 0. The van der Waals surface area contributed by atoms with Gasteiger partial charge in [0.15, 0.2) is 0 Å². The molecule has 338 valence electrons. The van der Waals surface area contributed by atoms with Gasteiger partial charge in [-0.3, -0.25) is 0 Å². The van der Waals surface area contributed by atoms with Crippen LogP contribution < -0.4 is 26.2 Å². The summed E-state index contributed by atoms with van der Waals surface area (Å²) in [6.07, 6.45) is 0. The first-order valence-corrected chi connectivity index (χ1v) is 25.9. The second-order valence-electron chi connectivity index (χ2n) is 21.2. The molecule has 11 aromatic carbocycles. The van der Waals surface area contributed by atoms with Crippen molar-refractivity contribution in [2.75, 3.05) is 9.80 Å². The van der Waals surface area contributed by atoms with Gasteiger partial charge in [-0.15, -0.1) is 0 Å². The van der Waals surface area contributed by atoms with Crippen molar-refractivity contribution < 1.29 is 0 Å². The molecular formula is C70H45BN2. The van der Waals surface area contributed by atoms with Crippen molar-refractivity contribution in [2.24, 2.45) is 0 Å². The summed E-state index contributed by atoms with van der Waals surface area (Å²) in [5, 5.41) is 0. The van der Waals surface area contributed by atoms with E-state index in [1.54, 1.807) is 0 Å². The third-order valence-corrected chi connectivity index (χ3v) is 17.8. The topological polar surface area (TPSA) is 6.48 Å². The third kappa shape index (κ3) is 4.73. The lowest BCUT2D eigenvalue weighted by molar-refractivity contribution is 0.794. The molecule has 2 heterocycles. The Morgan fingerprint density at radius 2 is 0.589 bits per heavy atom. The molecule has 0 N–H and O–H groups in total. The van der Waals surface area contributed by atoms with Crippen LogP contribution in [0.25, 0.3) is 44.5 Å². The fourth-order valence-corrected chi connectivity index (χ4v) is 15.2. The van der Waals surface area contributed by atoms with E-state index in [0.29, 0.717) is 0 Å². The Kier molecular flexibility index (Phi) is 7.59. The molecule has 2 nitrogen and oxygen atoms in total. The van der Waals surface area contributed by atoms with Crippen LogP contribution in [0.4, 0.5) is 34.1 Å². The van der Waals surface area contributed by atoms with E-state index in [2.05, 4.69) is 260 Å². The van der Waals surface area contributed by atoms with Crippen molar-refractivity contribution in [3.05, 3.63) is 292 Å². The summed E-state index contributed by atoms with van der Waals surface area (Å²) in [7, 11) is 0. The Morgan fingerprint density at radius 1 is 0.274 bits per heavy atom. The zero-order chi connectivity index (χ0) is 47.9. The van der Waals surface area contributed by atoms with E-state index >= 15 is 0 Å². The van der Waals surface area contributed by atoms with Crippen LogP contribution in [0.15, 0.2) is 237 Å². The fourth-order valence-electron chi connectivity index (χ4n) is 15.2. The predicted octanol–water partition coefficient (Wildman–Crippen LogP) is 15.1. The van der Waals surface area contributed by atoms with Crippen LogP contribution in [0, 0.1) is 13.8 Å². The lowest BCUT2D eigenvalue weighted by Crippen LogP contribution is -2.61. The molecule has 6 aliphatic rings. The SMILES string of the molecule is Cc1ccc2c(c1)N(c1ccc3c(c1)-c1ccccc1C31c3ccccc3-c3ccccc31)c1cccc3c1B2c1ccc(C)cc1N3c1ccc2c(c1)-c1ccccc1C21c2ccccc2-c2ccccc21. The first-order chi connectivity index (χ1) is 36.0. The van der Waals surface area contributed by atoms with Crippen LogP contribution in [0.1, 0.15) is 55.6 Å². The highest BCUT2D eigenvalue weighted by atomic mass is 15.2. The standard InChI is InChI=1S/C70H45BN2/c1-42-30-36-62-66(38-42)72(44-32-34-60-52(40-44)50-20-7-13-26-58(50)69(60)54-22-9-3-16-46(54)47-17-4-10-23-55(47)69)64-28-15-29-65-68(64)71(62)63-37-31-43(2)39-67(63)73(65)45-33-35-61-53(41-45)51-21-8-14-27-59(51)70(61)56-24-11-5-18-48(56)49-19-6-12-25-57(49)70/h3-41H,1-2H3. The van der Waals surface area contributed by atoms with Crippen molar-refractivity contribution in [1.29, 1.82) is 0 Å². The molecule has 0 saturated carbocycles. The second-order valence-corrected chi connectivity index (χ2v) is 21.2. The highest BCUT2D eigenvalue weighted by Crippen LogP contribution is 2.65. The number of anilines is 6. The highest BCUT2D eigenvalue weighted by molar-refractivity contribution is 7.00. The maximum absolute atomic E-state index is 2.58. The van der Waals surface area contributed by atoms with E-state index in [4.69, 9.17) is 0 Å². The van der Waals surface area contributed by atoms with Gasteiger partial charge in [0.1, 0.15) is 0 Å². The molecule has 17 rings (SSSR count). The molecule has 3 heteroatoms. The maximum atomic E-state index is 2.58. The largest absolute Gasteiger partial charge is 0.311 e. The Bertz CT molecular complexity index is 3930. The zero-order valence-electron chi connectivity index (χ0n) is 40.5. The quantitative estimate of drug-likeness (QED) is 0.159. The van der Waals surface area contributed by atoms with Gasteiger partial charge in [0, 0.05) is 34.1 Å². The van der Waals surface area contributed by atoms with Gasteiger partial charge in [-0.2, -0.15) is 0 Å². The van der Waals surface area contributed by atoms with Gasteiger partial charge in [0.05, 0.1) is 10.8 Å². The average Bonchev–Trinajstić information content (AvgIpc) is 4.20. The van der Waals surface area contributed by atoms with Crippen molar-refractivity contribution in [3.63, 3.8) is 0 Å². The highest BCUT2D eigenvalue weighted by Gasteiger charge is 2.54. The maximum Gasteiger partial charge on any atom is 0.252 e. The Balaban J connectivity index is 0.886. The molecule has 0 radical (unpaired) electrons. The summed E-state index contributed by atoms with van der Waals surface area (Å²) in [5.41, 5.74) is 34.4. The Hall–Kier alpha value is -8.92. The number of aryl methyl sites for hydroxylation is 2. The molecular weight excluding hydrogens is 880 g/mol. The van der Waals surface area contributed by atoms with E-state index in [1.165, 1.54) is 151 Å². The van der Waals surface area contributed by atoms with Crippen molar-refractivity contribution in [2.45, 2.75) is 24.7 Å². The Morgan fingerprint density at radius 3 is 0.945 bits per heavy atom. The molecule has 0 aromatic heterocycles. The third-order valence-electron chi connectivity index (χ3n) is 17.8. The number of benzene rings is 11. The van der Waals surface area contributed by atoms with E-state index in [0.717, 1.165) is 0 Å². The Labute approximate surface area is 426 Å². The van der Waals surface area contributed by atoms with Crippen molar-refractivity contribution in [1.82, 2.24) is 0 Å². The van der Waals surface area contributed by atoms with Gasteiger partial charge >= 0.3 is 0 Å². The predicted molar refractivity (Wildman–Crippen MR) is 303 cm³/mol. The minimum Gasteiger partial charge on any atom is -0.311 e. The van der Waals surface area contributed by atoms with E-state index in [-0.39, 0.29) is 6.71 Å². The van der Waals surface area contributed by atoms with Crippen LogP contribution in [-0.2, 0) is 10.8 Å². The number of fused-ring (bicyclic) bond motifs is 24. The molecule has 11 aromatic rings. The molecule has 0 bridgehead atoms. The number of hydrogen-bond donors (Lipinski definition) is 0. The van der Waals surface area contributed by atoms with Gasteiger partial charge in [-0.05, 0) is 179 Å². The van der Waals surface area contributed by atoms with E-state index < -0.39 is 10.8 Å². The molecule has 0 saturated heterocycles. The summed E-state index contributed by atoms with van der Waals surface area (Å²) in [4.78, 5) is 5.16. The summed E-state index contributed by atoms with van der Waals surface area (Å²) in [5.74, 6) is 0. The fraction of sp³-hybridized carbons (Fsp3) is 0.0571. The number of nitrogens with zero attached hydrogens (tertiary/aromatic N) is 2. The van der Waals surface area contributed by atoms with Crippen LogP contribution >= 0.6 is 0 Å². The van der Waals surface area contributed by atoms with Gasteiger partial charge < -0.3 is 9.80 Å². The number of rotatable bonds is 2. The molecule has 0 unspecified atom stereocenters. The molecule has 4 aliphatic carbocycles. The minimum atomic E-state index is -0.395. The summed E-state index contributed by atoms with van der Waals surface area (Å²) in [6.45, 7) is 4.52. The van der Waals surface area contributed by atoms with Gasteiger partial charge in [0.25, 0.3) is 6.71 Å². The van der Waals surface area contributed by atoms with Crippen LogP contribution in [-0.4, -0.2) is 6.71 Å². The average molecular weight is 925 g/mol. The van der Waals surface area contributed by atoms with Crippen LogP contribution in [0.3, 0.4) is 0 Å². The molecule has 2 aliphatic heterocycles. The van der Waals surface area contributed by atoms with Crippen molar-refractivity contribution in [3.8, 4) is 44.5 Å². The normalized spacial score (nSPS) is 15.1. The van der Waals surface area contributed by atoms with Crippen molar-refractivity contribution >= 4 is 57.2 Å². The molecule has 2 spiro atoms. The second kappa shape index (κ2) is 13.9. The monoisotopic (exact) mass is 924 g/mol. The first kappa shape index (κ1) is 39.8. The minimum absolute atomic E-state index is 0.0414. The molecule has 0 amide bonds. The lowest BCUT2D eigenvalue weighted by atomic mass is 9.33. The smallest absolute Gasteiger partial charge is 0.252 e. The van der Waals surface area contributed by atoms with E-state index in [9.17, 15) is 0 Å². The first-order valence-electron chi connectivity index (χ1n) is 25.9. The van der Waals surface area contributed by atoms with Gasteiger partial charge in [0.2, 0.25) is 0 Å². The zero-order valence-corrected chi connectivity index (χ0v) is 40.5. The lowest BCUT2D eigenvalue weighted by Gasteiger charge is -2.44. The van der Waals surface area contributed by atoms with Gasteiger partial charge in [-0.25, -0.2) is 0 Å². The van der Waals surface area contributed by atoms with Crippen LogP contribution in [0.5, 0.6) is 0 Å². The summed E-state index contributed by atoms with van der Waals surface area (Å²) >= 11 is 0. The summed E-state index contributed by atoms with van der Waals surface area (Å²) in [6, 6.07) is 90.8. The molecule has 73 heavy (non-hydrogen) atoms. The molecule has 0 atom stereocenters. The van der Waals surface area contributed by atoms with E-state index in [1.807, 2.05) is 0 Å². The molecule has 0 fully saturated rings. The number of hydrogen-bond acceptors (Lipinski definition) is 2. The van der Waals surface area contributed by atoms with Gasteiger partial charge in [-0.1, -0.05) is 188 Å².